The molecule has 0 bridgehead atoms. The standard InChI is InChI=1S/C25H25N3O/c1-17-9-8-12-20(15-17)25(29)26-19(3)24-27-22-13-6-7-14-23(22)28(24)16-21-11-5-4-10-18(21)2/h4-15,19H,16H2,1-3H3,(H,26,29). The molecule has 4 heteroatoms. The minimum absolute atomic E-state index is 0.0873. The monoisotopic (exact) mass is 383 g/mol. The summed E-state index contributed by atoms with van der Waals surface area (Å²) in [5.41, 5.74) is 6.23. The molecular weight excluding hydrogens is 358 g/mol. The van der Waals surface area contributed by atoms with Crippen molar-refractivity contribution >= 4 is 16.9 Å². The lowest BCUT2D eigenvalue weighted by molar-refractivity contribution is 0.0937. The molecule has 0 aliphatic carbocycles. The van der Waals surface area contributed by atoms with E-state index in [2.05, 4.69) is 47.1 Å². The summed E-state index contributed by atoms with van der Waals surface area (Å²) in [4.78, 5) is 17.6. The van der Waals surface area contributed by atoms with Crippen molar-refractivity contribution in [3.63, 3.8) is 0 Å². The number of benzene rings is 3. The minimum atomic E-state index is -0.223. The topological polar surface area (TPSA) is 46.9 Å². The number of para-hydroxylation sites is 2. The zero-order chi connectivity index (χ0) is 20.4. The molecule has 0 spiro atoms. The van der Waals surface area contributed by atoms with E-state index < -0.39 is 0 Å². The van der Waals surface area contributed by atoms with Crippen LogP contribution in [0.15, 0.2) is 72.8 Å². The highest BCUT2D eigenvalue weighted by Gasteiger charge is 2.19. The molecule has 0 aliphatic heterocycles. The second-order valence-corrected chi connectivity index (χ2v) is 7.54. The van der Waals surface area contributed by atoms with E-state index in [4.69, 9.17) is 4.98 Å². The highest BCUT2D eigenvalue weighted by molar-refractivity contribution is 5.94. The number of aryl methyl sites for hydroxylation is 2. The third-order valence-electron chi connectivity index (χ3n) is 5.29. The van der Waals surface area contributed by atoms with E-state index >= 15 is 0 Å². The first-order chi connectivity index (χ1) is 14.0. The van der Waals surface area contributed by atoms with Crippen LogP contribution in [0.2, 0.25) is 0 Å². The number of nitrogens with zero attached hydrogens (tertiary/aromatic N) is 2. The fraction of sp³-hybridized carbons (Fsp3) is 0.200. The van der Waals surface area contributed by atoms with E-state index in [0.29, 0.717) is 12.1 Å². The molecule has 146 valence electrons. The van der Waals surface area contributed by atoms with Crippen LogP contribution in [0.5, 0.6) is 0 Å². The van der Waals surface area contributed by atoms with Gasteiger partial charge in [-0.3, -0.25) is 4.79 Å². The van der Waals surface area contributed by atoms with Crippen LogP contribution in [-0.2, 0) is 6.54 Å². The summed E-state index contributed by atoms with van der Waals surface area (Å²) in [6, 6.07) is 23.9. The Morgan fingerprint density at radius 3 is 2.55 bits per heavy atom. The Bertz CT molecular complexity index is 1180. The van der Waals surface area contributed by atoms with E-state index in [1.54, 1.807) is 0 Å². The minimum Gasteiger partial charge on any atom is -0.342 e. The number of nitrogens with one attached hydrogen (secondary N) is 1. The molecule has 29 heavy (non-hydrogen) atoms. The fourth-order valence-corrected chi connectivity index (χ4v) is 3.68. The molecule has 4 nitrogen and oxygen atoms in total. The molecule has 4 aromatic rings. The Morgan fingerprint density at radius 2 is 1.76 bits per heavy atom. The normalized spacial score (nSPS) is 12.1. The Labute approximate surface area is 171 Å². The van der Waals surface area contributed by atoms with E-state index in [-0.39, 0.29) is 11.9 Å². The predicted molar refractivity (Wildman–Crippen MR) is 117 cm³/mol. The lowest BCUT2D eigenvalue weighted by Gasteiger charge is -2.17. The molecule has 1 heterocycles. The molecule has 1 N–H and O–H groups in total. The number of carbonyl (C=O) groups excluding carboxylic acids is 1. The van der Waals surface area contributed by atoms with Crippen LogP contribution in [0.25, 0.3) is 11.0 Å². The lowest BCUT2D eigenvalue weighted by Crippen LogP contribution is -2.29. The van der Waals surface area contributed by atoms with Crippen LogP contribution in [0.4, 0.5) is 0 Å². The Hall–Kier alpha value is -3.40. The maximum Gasteiger partial charge on any atom is 0.251 e. The smallest absolute Gasteiger partial charge is 0.251 e. The van der Waals surface area contributed by atoms with Crippen molar-refractivity contribution in [2.24, 2.45) is 0 Å². The zero-order valence-corrected chi connectivity index (χ0v) is 17.0. The molecular formula is C25H25N3O. The van der Waals surface area contributed by atoms with Crippen molar-refractivity contribution in [1.82, 2.24) is 14.9 Å². The molecule has 1 unspecified atom stereocenters. The first kappa shape index (κ1) is 18.9. The van der Waals surface area contributed by atoms with Crippen LogP contribution in [-0.4, -0.2) is 15.5 Å². The quantitative estimate of drug-likeness (QED) is 0.515. The lowest BCUT2D eigenvalue weighted by atomic mass is 10.1. The van der Waals surface area contributed by atoms with Gasteiger partial charge in [0.2, 0.25) is 0 Å². The second-order valence-electron chi connectivity index (χ2n) is 7.54. The summed E-state index contributed by atoms with van der Waals surface area (Å²) in [6.45, 7) is 6.81. The molecule has 4 rings (SSSR count). The number of imidazole rings is 1. The maximum absolute atomic E-state index is 12.8. The molecule has 0 aliphatic rings. The molecule has 1 aromatic heterocycles. The molecule has 0 saturated carbocycles. The number of carbonyl (C=O) groups is 1. The molecule has 1 amide bonds. The maximum atomic E-state index is 12.8. The summed E-state index contributed by atoms with van der Waals surface area (Å²) in [7, 11) is 0. The van der Waals surface area contributed by atoms with Crippen LogP contribution >= 0.6 is 0 Å². The van der Waals surface area contributed by atoms with Gasteiger partial charge in [0.05, 0.1) is 17.1 Å². The number of amides is 1. The van der Waals surface area contributed by atoms with Gasteiger partial charge < -0.3 is 9.88 Å². The van der Waals surface area contributed by atoms with E-state index in [9.17, 15) is 4.79 Å². The van der Waals surface area contributed by atoms with Gasteiger partial charge in [0.15, 0.2) is 0 Å². The third-order valence-corrected chi connectivity index (χ3v) is 5.29. The van der Waals surface area contributed by atoms with Gasteiger partial charge in [-0.2, -0.15) is 0 Å². The summed E-state index contributed by atoms with van der Waals surface area (Å²) in [6.07, 6.45) is 0. The van der Waals surface area contributed by atoms with Crippen LogP contribution in [0.3, 0.4) is 0 Å². The second kappa shape index (κ2) is 7.92. The van der Waals surface area contributed by atoms with E-state index in [1.807, 2.05) is 56.3 Å². The predicted octanol–water partition coefficient (Wildman–Crippen LogP) is 5.19. The van der Waals surface area contributed by atoms with Crippen molar-refractivity contribution in [2.75, 3.05) is 0 Å². The van der Waals surface area contributed by atoms with Crippen molar-refractivity contribution in [3.8, 4) is 0 Å². The van der Waals surface area contributed by atoms with E-state index in [0.717, 1.165) is 22.4 Å². The third kappa shape index (κ3) is 3.92. The molecule has 3 aromatic carbocycles. The highest BCUT2D eigenvalue weighted by atomic mass is 16.1. The first-order valence-corrected chi connectivity index (χ1v) is 9.90. The van der Waals surface area contributed by atoms with Crippen molar-refractivity contribution in [2.45, 2.75) is 33.4 Å². The summed E-state index contributed by atoms with van der Waals surface area (Å²) in [5, 5.41) is 3.12. The summed E-state index contributed by atoms with van der Waals surface area (Å²) < 4.78 is 2.21. The number of hydrogen-bond donors (Lipinski definition) is 1. The Morgan fingerprint density at radius 1 is 1.00 bits per heavy atom. The largest absolute Gasteiger partial charge is 0.342 e. The van der Waals surface area contributed by atoms with Crippen LogP contribution in [0.1, 0.15) is 45.8 Å². The van der Waals surface area contributed by atoms with Crippen molar-refractivity contribution in [3.05, 3.63) is 101 Å². The number of fused-ring (bicyclic) bond motifs is 1. The van der Waals surface area contributed by atoms with Crippen LogP contribution < -0.4 is 5.32 Å². The molecule has 0 fully saturated rings. The van der Waals surface area contributed by atoms with Gasteiger partial charge in [-0.15, -0.1) is 0 Å². The van der Waals surface area contributed by atoms with Gasteiger partial charge >= 0.3 is 0 Å². The zero-order valence-electron chi connectivity index (χ0n) is 17.0. The van der Waals surface area contributed by atoms with Gasteiger partial charge in [-0.25, -0.2) is 4.98 Å². The van der Waals surface area contributed by atoms with Gasteiger partial charge in [0, 0.05) is 12.1 Å². The molecule has 1 atom stereocenters. The van der Waals surface area contributed by atoms with Crippen molar-refractivity contribution in [1.29, 1.82) is 0 Å². The molecule has 0 radical (unpaired) electrons. The average Bonchev–Trinajstić information content (AvgIpc) is 3.08. The average molecular weight is 383 g/mol. The van der Waals surface area contributed by atoms with Gasteiger partial charge in [0.25, 0.3) is 5.91 Å². The Balaban J connectivity index is 1.69. The SMILES string of the molecule is Cc1cccc(C(=O)NC(C)c2nc3ccccc3n2Cc2ccccc2C)c1. The van der Waals surface area contributed by atoms with Gasteiger partial charge in [0.1, 0.15) is 5.82 Å². The molecule has 0 saturated heterocycles. The van der Waals surface area contributed by atoms with Crippen LogP contribution in [0, 0.1) is 13.8 Å². The Kier molecular flexibility index (Phi) is 5.17. The summed E-state index contributed by atoms with van der Waals surface area (Å²) >= 11 is 0. The van der Waals surface area contributed by atoms with Gasteiger partial charge in [-0.1, -0.05) is 54.1 Å². The first-order valence-electron chi connectivity index (χ1n) is 9.90. The number of hydrogen-bond acceptors (Lipinski definition) is 2. The number of rotatable bonds is 5. The fourth-order valence-electron chi connectivity index (χ4n) is 3.68. The van der Waals surface area contributed by atoms with Gasteiger partial charge in [-0.05, 0) is 56.2 Å². The van der Waals surface area contributed by atoms with E-state index in [1.165, 1.54) is 11.1 Å². The highest BCUT2D eigenvalue weighted by Crippen LogP contribution is 2.23. The van der Waals surface area contributed by atoms with Crippen molar-refractivity contribution < 1.29 is 4.79 Å². The number of aromatic nitrogens is 2. The summed E-state index contributed by atoms with van der Waals surface area (Å²) in [5.74, 6) is 0.770.